The van der Waals surface area contributed by atoms with Crippen molar-refractivity contribution >= 4 is 53.4 Å². The lowest BCUT2D eigenvalue weighted by molar-refractivity contribution is 0.430. The Bertz CT molecular complexity index is 5670. The number of ether oxygens (including phenoxy) is 2. The standard InChI is InChI=1S/C88H54O3S/c1-2-22-53(23-3-1)83(55-45-46-77-67(51-55)63-28-8-16-39-76(63)89-77)57-48-56(54-44-47-80-75(52-54)88(72-36-14-17-40-78(72)90-80)70-34-12-6-26-61(70)62-27-7-13-35-71(62)88)49-58(50-57)84(65-30-21-43-82-85(65)64-29-9-19-42-81(64)92-82)66-31-20-38-74-86(66)91-79-41-18-15-37-73(79)87(74)68-32-10-4-24-59(68)60-25-5-11-33-69(60)87/h1-52,83-84H. The first-order valence-electron chi connectivity index (χ1n) is 31.8. The fraction of sp³-hybridized carbons (Fsp3) is 0.0455. The highest BCUT2D eigenvalue weighted by Gasteiger charge is 2.53. The molecular weight excluding hydrogens is 1140 g/mol. The van der Waals surface area contributed by atoms with E-state index < -0.39 is 10.8 Å². The van der Waals surface area contributed by atoms with Gasteiger partial charge in [-0.05, 0) is 138 Å². The Balaban J connectivity index is 0.902. The van der Waals surface area contributed by atoms with Crippen molar-refractivity contribution in [2.24, 2.45) is 0 Å². The van der Waals surface area contributed by atoms with Crippen molar-refractivity contribution in [3.05, 3.63) is 393 Å². The van der Waals surface area contributed by atoms with Crippen molar-refractivity contribution in [1.29, 1.82) is 0 Å². The van der Waals surface area contributed by atoms with Gasteiger partial charge in [0.25, 0.3) is 0 Å². The number of para-hydroxylation sites is 4. The van der Waals surface area contributed by atoms with Crippen LogP contribution in [0.2, 0.25) is 0 Å². The third-order valence-corrected chi connectivity index (χ3v) is 21.8. The van der Waals surface area contributed by atoms with Crippen LogP contribution >= 0.6 is 11.3 Å². The van der Waals surface area contributed by atoms with Gasteiger partial charge in [-0.1, -0.05) is 261 Å². The molecule has 3 nitrogen and oxygen atoms in total. The minimum atomic E-state index is -0.669. The number of hydrogen-bond acceptors (Lipinski definition) is 4. The molecule has 0 saturated carbocycles. The highest BCUT2D eigenvalue weighted by Crippen LogP contribution is 2.65. The van der Waals surface area contributed by atoms with E-state index in [1.54, 1.807) is 0 Å². The number of thiophene rings is 1. The van der Waals surface area contributed by atoms with Gasteiger partial charge in [0, 0.05) is 70.6 Å². The average Bonchev–Trinajstić information content (AvgIpc) is 1.46. The normalized spacial score (nSPS) is 14.6. The van der Waals surface area contributed by atoms with E-state index in [4.69, 9.17) is 13.9 Å². The van der Waals surface area contributed by atoms with Gasteiger partial charge in [0.05, 0.1) is 10.8 Å². The van der Waals surface area contributed by atoms with Crippen LogP contribution in [-0.2, 0) is 10.8 Å². The van der Waals surface area contributed by atoms with Crippen molar-refractivity contribution in [3.8, 4) is 56.4 Å². The van der Waals surface area contributed by atoms with Gasteiger partial charge in [-0.15, -0.1) is 11.3 Å². The van der Waals surface area contributed by atoms with E-state index >= 15 is 0 Å². The molecule has 430 valence electrons. The van der Waals surface area contributed by atoms with Crippen molar-refractivity contribution in [2.45, 2.75) is 22.7 Å². The third-order valence-electron chi connectivity index (χ3n) is 20.7. The molecular formula is C88H54O3S. The van der Waals surface area contributed by atoms with E-state index in [0.29, 0.717) is 0 Å². The van der Waals surface area contributed by atoms with Gasteiger partial charge < -0.3 is 13.9 Å². The quantitative estimate of drug-likeness (QED) is 0.149. The van der Waals surface area contributed by atoms with E-state index in [1.807, 2.05) is 11.3 Å². The zero-order valence-electron chi connectivity index (χ0n) is 49.8. The van der Waals surface area contributed by atoms with Crippen LogP contribution in [-0.4, -0.2) is 0 Å². The molecule has 2 spiro atoms. The highest BCUT2D eigenvalue weighted by molar-refractivity contribution is 7.25. The van der Waals surface area contributed by atoms with E-state index in [1.165, 1.54) is 86.9 Å². The van der Waals surface area contributed by atoms with Crippen LogP contribution in [0.5, 0.6) is 23.0 Å². The molecule has 4 heterocycles. The van der Waals surface area contributed by atoms with Gasteiger partial charge in [-0.25, -0.2) is 0 Å². The Morgan fingerprint density at radius 3 is 1.48 bits per heavy atom. The maximum absolute atomic E-state index is 7.71. The lowest BCUT2D eigenvalue weighted by atomic mass is 9.65. The molecule has 2 aromatic heterocycles. The molecule has 0 saturated heterocycles. The Kier molecular flexibility index (Phi) is 11.0. The van der Waals surface area contributed by atoms with Crippen molar-refractivity contribution in [1.82, 2.24) is 0 Å². The summed E-state index contributed by atoms with van der Waals surface area (Å²) in [6.45, 7) is 0. The molecule has 0 fully saturated rings. The summed E-state index contributed by atoms with van der Waals surface area (Å²) < 4.78 is 23.9. The van der Waals surface area contributed by atoms with Crippen LogP contribution in [0.1, 0.15) is 89.7 Å². The third kappa shape index (κ3) is 7.10. The molecule has 4 heteroatoms. The van der Waals surface area contributed by atoms with Crippen LogP contribution in [0.25, 0.3) is 75.5 Å². The van der Waals surface area contributed by atoms with E-state index in [9.17, 15) is 0 Å². The summed E-state index contributed by atoms with van der Waals surface area (Å²) in [5, 5.41) is 4.70. The van der Waals surface area contributed by atoms with E-state index in [0.717, 1.165) is 89.4 Å². The summed E-state index contributed by atoms with van der Waals surface area (Å²) >= 11 is 1.86. The highest BCUT2D eigenvalue weighted by atomic mass is 32.1. The predicted molar refractivity (Wildman–Crippen MR) is 374 cm³/mol. The van der Waals surface area contributed by atoms with Crippen LogP contribution in [0.4, 0.5) is 0 Å². The molecule has 2 unspecified atom stereocenters. The zero-order chi connectivity index (χ0) is 60.2. The molecule has 14 aromatic carbocycles. The molecule has 92 heavy (non-hydrogen) atoms. The van der Waals surface area contributed by atoms with Crippen molar-refractivity contribution in [3.63, 3.8) is 0 Å². The Labute approximate surface area is 536 Å². The molecule has 2 atom stereocenters. The summed E-state index contributed by atoms with van der Waals surface area (Å²) in [7, 11) is 0. The number of benzene rings is 14. The predicted octanol–water partition coefficient (Wildman–Crippen LogP) is 22.9. The maximum Gasteiger partial charge on any atom is 0.136 e. The SMILES string of the molecule is c1ccc(C(c2cc(-c3ccc4c(c3)C3(c5ccccc5O4)c4ccccc4-c4ccccc43)cc(C(c3cccc4c3Oc3ccccc3C43c4ccccc4-c4ccccc43)c3cccc4sc5ccccc5c34)c2)c2ccc3oc4ccccc4c3c2)cc1. The summed E-state index contributed by atoms with van der Waals surface area (Å²) in [5.41, 5.74) is 24.2. The summed E-state index contributed by atoms with van der Waals surface area (Å²) in [5.74, 6) is 2.90. The maximum atomic E-state index is 7.71. The molecule has 16 aromatic rings. The first-order chi connectivity index (χ1) is 45.6. The molecule has 2 aliphatic carbocycles. The number of hydrogen-bond donors (Lipinski definition) is 0. The van der Waals surface area contributed by atoms with E-state index in [-0.39, 0.29) is 11.8 Å². The summed E-state index contributed by atoms with van der Waals surface area (Å²) in [6, 6.07) is 117. The van der Waals surface area contributed by atoms with Gasteiger partial charge in [0.2, 0.25) is 0 Å². The minimum absolute atomic E-state index is 0.207. The van der Waals surface area contributed by atoms with Crippen LogP contribution in [0.3, 0.4) is 0 Å². The fourth-order valence-corrected chi connectivity index (χ4v) is 18.2. The zero-order valence-corrected chi connectivity index (χ0v) is 50.6. The van der Waals surface area contributed by atoms with Gasteiger partial charge in [0.15, 0.2) is 0 Å². The first-order valence-corrected chi connectivity index (χ1v) is 32.7. The van der Waals surface area contributed by atoms with Crippen LogP contribution in [0.15, 0.2) is 320 Å². The summed E-state index contributed by atoms with van der Waals surface area (Å²) in [6.07, 6.45) is 0. The average molecular weight is 1190 g/mol. The molecule has 20 rings (SSSR count). The monoisotopic (exact) mass is 1190 g/mol. The lowest BCUT2D eigenvalue weighted by Crippen LogP contribution is -2.32. The number of furan rings is 1. The van der Waals surface area contributed by atoms with Crippen molar-refractivity contribution < 1.29 is 13.9 Å². The molecule has 0 bridgehead atoms. The largest absolute Gasteiger partial charge is 0.457 e. The van der Waals surface area contributed by atoms with Gasteiger partial charge in [-0.2, -0.15) is 0 Å². The second-order valence-electron chi connectivity index (χ2n) is 25.2. The summed E-state index contributed by atoms with van der Waals surface area (Å²) in [4.78, 5) is 0. The van der Waals surface area contributed by atoms with E-state index in [2.05, 4.69) is 315 Å². The fourth-order valence-electron chi connectivity index (χ4n) is 17.1. The molecule has 2 aliphatic heterocycles. The topological polar surface area (TPSA) is 31.6 Å². The van der Waals surface area contributed by atoms with Crippen LogP contribution in [0, 0.1) is 0 Å². The first kappa shape index (κ1) is 51.6. The second-order valence-corrected chi connectivity index (χ2v) is 26.2. The van der Waals surface area contributed by atoms with Crippen molar-refractivity contribution in [2.75, 3.05) is 0 Å². The smallest absolute Gasteiger partial charge is 0.136 e. The Hall–Kier alpha value is -11.3. The van der Waals surface area contributed by atoms with Gasteiger partial charge >= 0.3 is 0 Å². The lowest BCUT2D eigenvalue weighted by Gasteiger charge is -2.40. The minimum Gasteiger partial charge on any atom is -0.457 e. The van der Waals surface area contributed by atoms with Crippen LogP contribution < -0.4 is 9.47 Å². The Morgan fingerprint density at radius 2 is 0.783 bits per heavy atom. The molecule has 0 amide bonds. The molecule has 0 N–H and O–H groups in total. The Morgan fingerprint density at radius 1 is 0.272 bits per heavy atom. The second kappa shape index (κ2) is 19.6. The number of rotatable bonds is 7. The number of fused-ring (bicyclic) bond motifs is 24. The van der Waals surface area contributed by atoms with Gasteiger partial charge in [0.1, 0.15) is 34.2 Å². The van der Waals surface area contributed by atoms with Gasteiger partial charge in [-0.3, -0.25) is 0 Å². The molecule has 0 radical (unpaired) electrons. The molecule has 4 aliphatic rings.